The topological polar surface area (TPSA) is 63.6 Å². The average Bonchev–Trinajstić information content (AvgIpc) is 2.47. The van der Waals surface area contributed by atoms with Crippen LogP contribution >= 0.6 is 0 Å². The molecule has 134 valence electrons. The Morgan fingerprint density at radius 1 is 1.04 bits per heavy atom. The quantitative estimate of drug-likeness (QED) is 0.314. The Bertz CT molecular complexity index is 388. The standard InChI is InChI=1S/C18H34O4Si/c1-4-5-6-7-8-9-10-11-12-13-15(17(20)21)18(2,3)14-16(19)22-23/h13H,4-12,14H2,1-3,23H3,(H,20,21). The lowest BCUT2D eigenvalue weighted by Gasteiger charge is -2.24. The lowest BCUT2D eigenvalue weighted by Crippen LogP contribution is -2.25. The van der Waals surface area contributed by atoms with Gasteiger partial charge in [-0.2, -0.15) is 0 Å². The molecule has 23 heavy (non-hydrogen) atoms. The summed E-state index contributed by atoms with van der Waals surface area (Å²) >= 11 is 0. The van der Waals surface area contributed by atoms with Gasteiger partial charge in [0.2, 0.25) is 10.5 Å². The molecule has 0 bridgehead atoms. The van der Waals surface area contributed by atoms with E-state index in [1.807, 2.05) is 0 Å². The zero-order chi connectivity index (χ0) is 17.7. The number of carbonyl (C=O) groups is 2. The normalized spacial score (nSPS) is 12.4. The van der Waals surface area contributed by atoms with Crippen LogP contribution in [-0.2, 0) is 14.0 Å². The molecule has 0 unspecified atom stereocenters. The molecule has 0 heterocycles. The summed E-state index contributed by atoms with van der Waals surface area (Å²) in [5.74, 6) is -1.25. The second-order valence-corrected chi connectivity index (χ2v) is 7.23. The van der Waals surface area contributed by atoms with Crippen molar-refractivity contribution in [2.45, 2.75) is 85.0 Å². The highest BCUT2D eigenvalue weighted by Crippen LogP contribution is 2.31. The molecule has 0 atom stereocenters. The smallest absolute Gasteiger partial charge is 0.331 e. The van der Waals surface area contributed by atoms with Gasteiger partial charge in [-0.15, -0.1) is 0 Å². The Kier molecular flexibility index (Phi) is 11.7. The molecule has 0 aromatic carbocycles. The van der Waals surface area contributed by atoms with Gasteiger partial charge in [-0.25, -0.2) is 4.79 Å². The fourth-order valence-corrected chi connectivity index (χ4v) is 2.85. The van der Waals surface area contributed by atoms with Crippen LogP contribution in [0.25, 0.3) is 0 Å². The third-order valence-electron chi connectivity index (χ3n) is 4.18. The number of allylic oxidation sites excluding steroid dienone is 1. The molecule has 5 heteroatoms. The molecule has 0 fully saturated rings. The maximum atomic E-state index is 11.5. The molecular weight excluding hydrogens is 308 g/mol. The van der Waals surface area contributed by atoms with Gasteiger partial charge in [0.25, 0.3) is 5.97 Å². The van der Waals surface area contributed by atoms with Gasteiger partial charge >= 0.3 is 5.97 Å². The Morgan fingerprint density at radius 2 is 1.57 bits per heavy atom. The van der Waals surface area contributed by atoms with Gasteiger partial charge in [0.15, 0.2) is 0 Å². The van der Waals surface area contributed by atoms with Crippen LogP contribution in [0.2, 0.25) is 0 Å². The first-order valence-corrected chi connectivity index (χ1v) is 9.67. The minimum absolute atomic E-state index is 0.117. The molecular formula is C18H34O4Si. The highest BCUT2D eigenvalue weighted by molar-refractivity contribution is 6.05. The van der Waals surface area contributed by atoms with Crippen molar-refractivity contribution in [1.29, 1.82) is 0 Å². The molecule has 0 radical (unpaired) electrons. The summed E-state index contributed by atoms with van der Waals surface area (Å²) in [6.45, 7) is 5.80. The lowest BCUT2D eigenvalue weighted by molar-refractivity contribution is -0.137. The first kappa shape index (κ1) is 21.9. The summed E-state index contributed by atoms with van der Waals surface area (Å²) in [4.78, 5) is 22.9. The van der Waals surface area contributed by atoms with Gasteiger partial charge in [-0.3, -0.25) is 4.79 Å². The van der Waals surface area contributed by atoms with E-state index in [2.05, 4.69) is 6.92 Å². The third-order valence-corrected chi connectivity index (χ3v) is 4.63. The molecule has 1 N–H and O–H groups in total. The molecule has 0 aromatic heterocycles. The maximum absolute atomic E-state index is 11.5. The van der Waals surface area contributed by atoms with E-state index in [0.717, 1.165) is 19.3 Å². The summed E-state index contributed by atoms with van der Waals surface area (Å²) < 4.78 is 4.79. The molecule has 0 spiro atoms. The van der Waals surface area contributed by atoms with Crippen LogP contribution in [-0.4, -0.2) is 27.5 Å². The highest BCUT2D eigenvalue weighted by Gasteiger charge is 2.31. The average molecular weight is 343 g/mol. The van der Waals surface area contributed by atoms with Crippen molar-refractivity contribution in [2.75, 3.05) is 0 Å². The Balaban J connectivity index is 4.22. The minimum Gasteiger partial charge on any atom is -0.529 e. The number of hydrogen-bond donors (Lipinski definition) is 1. The monoisotopic (exact) mass is 342 g/mol. The van der Waals surface area contributed by atoms with E-state index in [-0.39, 0.29) is 12.4 Å². The Hall–Kier alpha value is -1.10. The summed E-state index contributed by atoms with van der Waals surface area (Å²) in [6.07, 6.45) is 12.5. The molecule has 0 aliphatic rings. The predicted molar refractivity (Wildman–Crippen MR) is 97.4 cm³/mol. The molecule has 0 saturated heterocycles. The number of aliphatic carboxylic acids is 1. The second kappa shape index (κ2) is 12.3. The van der Waals surface area contributed by atoms with Crippen molar-refractivity contribution < 1.29 is 19.1 Å². The number of carboxylic acids is 1. The van der Waals surface area contributed by atoms with Crippen LogP contribution in [0, 0.1) is 5.41 Å². The van der Waals surface area contributed by atoms with Gasteiger partial charge in [0, 0.05) is 11.0 Å². The SMILES string of the molecule is CCCCCCCCCCC=C(C(=O)O)C(C)(C)CC(=O)O[SiH3]. The number of rotatable bonds is 13. The van der Waals surface area contributed by atoms with E-state index < -0.39 is 11.4 Å². The van der Waals surface area contributed by atoms with Crippen molar-refractivity contribution in [3.05, 3.63) is 11.6 Å². The molecule has 4 nitrogen and oxygen atoms in total. The van der Waals surface area contributed by atoms with Crippen molar-refractivity contribution in [3.8, 4) is 0 Å². The maximum Gasteiger partial charge on any atom is 0.331 e. The molecule has 0 amide bonds. The fraction of sp³-hybridized carbons (Fsp3) is 0.778. The molecule has 0 aromatic rings. The summed E-state index contributed by atoms with van der Waals surface area (Å²) in [7, 11) is 0.346. The van der Waals surface area contributed by atoms with Crippen LogP contribution in [0.1, 0.15) is 85.0 Å². The van der Waals surface area contributed by atoms with Crippen LogP contribution < -0.4 is 0 Å². The number of unbranched alkanes of at least 4 members (excludes halogenated alkanes) is 8. The first-order valence-electron chi connectivity index (χ1n) is 8.86. The van der Waals surface area contributed by atoms with E-state index in [9.17, 15) is 14.7 Å². The third kappa shape index (κ3) is 10.3. The van der Waals surface area contributed by atoms with Crippen LogP contribution in [0.3, 0.4) is 0 Å². The van der Waals surface area contributed by atoms with E-state index in [1.165, 1.54) is 38.5 Å². The fourth-order valence-electron chi connectivity index (χ4n) is 2.71. The number of carboxylic acid groups (broad SMARTS) is 1. The van der Waals surface area contributed by atoms with Crippen LogP contribution in [0.15, 0.2) is 11.6 Å². The molecule has 0 saturated carbocycles. The first-order chi connectivity index (χ1) is 10.8. The van der Waals surface area contributed by atoms with E-state index in [4.69, 9.17) is 4.43 Å². The van der Waals surface area contributed by atoms with Crippen molar-refractivity contribution >= 4 is 22.4 Å². The summed E-state index contributed by atoms with van der Waals surface area (Å²) in [5.41, 5.74) is -0.361. The Morgan fingerprint density at radius 3 is 2.04 bits per heavy atom. The zero-order valence-electron chi connectivity index (χ0n) is 15.3. The van der Waals surface area contributed by atoms with Gasteiger partial charge in [0.05, 0.1) is 6.42 Å². The van der Waals surface area contributed by atoms with Crippen molar-refractivity contribution in [2.24, 2.45) is 5.41 Å². The van der Waals surface area contributed by atoms with Gasteiger partial charge in [-0.1, -0.05) is 71.8 Å². The number of carbonyl (C=O) groups excluding carboxylic acids is 1. The van der Waals surface area contributed by atoms with Crippen LogP contribution in [0.5, 0.6) is 0 Å². The lowest BCUT2D eigenvalue weighted by atomic mass is 9.80. The summed E-state index contributed by atoms with van der Waals surface area (Å²) in [6, 6.07) is 0. The summed E-state index contributed by atoms with van der Waals surface area (Å²) in [5, 5.41) is 9.41. The zero-order valence-corrected chi connectivity index (χ0v) is 17.3. The van der Waals surface area contributed by atoms with E-state index in [1.54, 1.807) is 19.9 Å². The second-order valence-electron chi connectivity index (χ2n) is 6.82. The Labute approximate surface area is 144 Å². The van der Waals surface area contributed by atoms with E-state index in [0.29, 0.717) is 16.1 Å². The van der Waals surface area contributed by atoms with Crippen molar-refractivity contribution in [1.82, 2.24) is 0 Å². The van der Waals surface area contributed by atoms with Gasteiger partial charge in [0.1, 0.15) is 0 Å². The molecule has 0 aliphatic heterocycles. The highest BCUT2D eigenvalue weighted by atomic mass is 28.2. The largest absolute Gasteiger partial charge is 0.529 e. The van der Waals surface area contributed by atoms with Crippen LogP contribution in [0.4, 0.5) is 0 Å². The van der Waals surface area contributed by atoms with Gasteiger partial charge < -0.3 is 9.53 Å². The van der Waals surface area contributed by atoms with Gasteiger partial charge in [-0.05, 0) is 12.8 Å². The minimum atomic E-state index is -0.935. The molecule has 0 rings (SSSR count). The van der Waals surface area contributed by atoms with E-state index >= 15 is 0 Å². The predicted octanol–water partition coefficient (Wildman–Crippen LogP) is 3.77. The van der Waals surface area contributed by atoms with Crippen molar-refractivity contribution in [3.63, 3.8) is 0 Å². The number of hydrogen-bond acceptors (Lipinski definition) is 3. The molecule has 0 aliphatic carbocycles.